The van der Waals surface area contributed by atoms with Crippen molar-refractivity contribution in [1.82, 2.24) is 14.7 Å². The molecule has 0 spiro atoms. The van der Waals surface area contributed by atoms with Gasteiger partial charge in [-0.05, 0) is 22.0 Å². The third-order valence-electron chi connectivity index (χ3n) is 3.62. The van der Waals surface area contributed by atoms with Crippen molar-refractivity contribution in [1.29, 1.82) is 0 Å². The van der Waals surface area contributed by atoms with Crippen molar-refractivity contribution in [3.05, 3.63) is 22.8 Å². The Morgan fingerprint density at radius 1 is 1.33 bits per heavy atom. The molecule has 0 bridgehead atoms. The summed E-state index contributed by atoms with van der Waals surface area (Å²) in [4.78, 5) is 1.11. The molecule has 0 amide bonds. The van der Waals surface area contributed by atoms with Gasteiger partial charge in [0.15, 0.2) is 0 Å². The van der Waals surface area contributed by atoms with E-state index < -0.39 is 12.7 Å². The molecule has 1 saturated heterocycles. The van der Waals surface area contributed by atoms with E-state index in [9.17, 15) is 13.2 Å². The molecule has 21 heavy (non-hydrogen) atoms. The molecule has 1 fully saturated rings. The number of hydrogen-bond acceptors (Lipinski definition) is 3. The first-order valence-electron chi connectivity index (χ1n) is 6.38. The Kier molecular flexibility index (Phi) is 3.83. The largest absolute Gasteiger partial charge is 0.495 e. The molecule has 1 unspecified atom stereocenters. The minimum Gasteiger partial charge on any atom is -0.495 e. The van der Waals surface area contributed by atoms with Gasteiger partial charge in [-0.25, -0.2) is 13.2 Å². The Bertz CT molecular complexity index is 657. The van der Waals surface area contributed by atoms with Crippen LogP contribution < -0.4 is 4.74 Å². The summed E-state index contributed by atoms with van der Waals surface area (Å²) in [5, 5.41) is 5.31. The Hall–Kier alpha value is -1.28. The molecule has 114 valence electrons. The van der Waals surface area contributed by atoms with Crippen molar-refractivity contribution in [2.75, 3.05) is 20.2 Å². The summed E-state index contributed by atoms with van der Waals surface area (Å²) < 4.78 is 45.4. The molecule has 2 aromatic rings. The number of likely N-dealkylation sites (tertiary alicyclic amines) is 1. The Labute approximate surface area is 127 Å². The van der Waals surface area contributed by atoms with Gasteiger partial charge in [-0.15, -0.1) is 0 Å². The lowest BCUT2D eigenvalue weighted by Crippen LogP contribution is -2.53. The Morgan fingerprint density at radius 3 is 2.67 bits per heavy atom. The van der Waals surface area contributed by atoms with E-state index >= 15 is 0 Å². The van der Waals surface area contributed by atoms with Gasteiger partial charge >= 0.3 is 0 Å². The summed E-state index contributed by atoms with van der Waals surface area (Å²) in [5.41, 5.74) is 0.749. The Balaban J connectivity index is 1.77. The van der Waals surface area contributed by atoms with Gasteiger partial charge in [-0.3, -0.25) is 9.58 Å². The zero-order valence-corrected chi connectivity index (χ0v) is 12.7. The predicted octanol–water partition coefficient (Wildman–Crippen LogP) is 3.22. The number of methoxy groups -OCH3 is 1. The maximum Gasteiger partial charge on any atom is 0.282 e. The van der Waals surface area contributed by atoms with Crippen molar-refractivity contribution >= 4 is 26.8 Å². The van der Waals surface area contributed by atoms with Crippen molar-refractivity contribution in [3.63, 3.8) is 0 Å². The highest BCUT2D eigenvalue weighted by Crippen LogP contribution is 2.32. The van der Waals surface area contributed by atoms with Crippen LogP contribution in [-0.4, -0.2) is 47.6 Å². The van der Waals surface area contributed by atoms with Crippen LogP contribution in [0, 0.1) is 0 Å². The normalized spacial score (nSPS) is 18.2. The summed E-state index contributed by atoms with van der Waals surface area (Å²) in [6, 6.07) is 3.59. The average molecular weight is 364 g/mol. The fraction of sp³-hybridized carbons (Fsp3) is 0.462. The molecule has 0 saturated carbocycles. The van der Waals surface area contributed by atoms with Crippen LogP contribution in [0.3, 0.4) is 0 Å². The number of benzene rings is 1. The highest BCUT2D eigenvalue weighted by Gasteiger charge is 2.38. The van der Waals surface area contributed by atoms with E-state index in [4.69, 9.17) is 4.74 Å². The highest BCUT2D eigenvalue weighted by molar-refractivity contribution is 9.10. The first-order chi connectivity index (χ1) is 9.99. The number of rotatable bonds is 4. The first kappa shape index (κ1) is 14.6. The van der Waals surface area contributed by atoms with Gasteiger partial charge in [0, 0.05) is 30.7 Å². The van der Waals surface area contributed by atoms with Gasteiger partial charge in [-0.1, -0.05) is 0 Å². The van der Waals surface area contributed by atoms with Gasteiger partial charge in [0.05, 0.1) is 23.1 Å². The van der Waals surface area contributed by atoms with Crippen molar-refractivity contribution in [2.45, 2.75) is 18.8 Å². The molecule has 1 aromatic heterocycles. The van der Waals surface area contributed by atoms with Crippen molar-refractivity contribution in [3.8, 4) is 5.75 Å². The second-order valence-electron chi connectivity index (χ2n) is 4.97. The van der Waals surface area contributed by atoms with Crippen LogP contribution in [0.25, 0.3) is 10.9 Å². The standard InChI is InChI=1S/C13H13BrF3N3O/c1-21-11-3-10-7(2-9(11)14)4-20(18-10)8-5-19(6-8)13(17)12(15)16/h2-4,8,12-13H,5-6H2,1H3. The number of ether oxygens (including phenoxy) is 1. The van der Waals surface area contributed by atoms with Gasteiger partial charge in [0.1, 0.15) is 5.75 Å². The number of fused-ring (bicyclic) bond motifs is 1. The smallest absolute Gasteiger partial charge is 0.282 e. The topological polar surface area (TPSA) is 30.3 Å². The molecule has 1 aliphatic heterocycles. The van der Waals surface area contributed by atoms with Gasteiger partial charge in [-0.2, -0.15) is 5.10 Å². The van der Waals surface area contributed by atoms with Gasteiger partial charge in [0.25, 0.3) is 6.43 Å². The molecular formula is C13H13BrF3N3O. The predicted molar refractivity (Wildman–Crippen MR) is 75.5 cm³/mol. The molecule has 3 rings (SSSR count). The third-order valence-corrected chi connectivity index (χ3v) is 4.24. The van der Waals surface area contributed by atoms with E-state index in [1.54, 1.807) is 17.9 Å². The molecule has 0 radical (unpaired) electrons. The van der Waals surface area contributed by atoms with Crippen LogP contribution >= 0.6 is 15.9 Å². The number of halogens is 4. The first-order valence-corrected chi connectivity index (χ1v) is 7.17. The van der Waals surface area contributed by atoms with Crippen molar-refractivity contribution in [2.24, 2.45) is 0 Å². The average Bonchev–Trinajstić information content (AvgIpc) is 2.77. The zero-order chi connectivity index (χ0) is 15.1. The maximum absolute atomic E-state index is 13.1. The van der Waals surface area contributed by atoms with Crippen LogP contribution in [0.1, 0.15) is 6.04 Å². The van der Waals surface area contributed by atoms with E-state index in [2.05, 4.69) is 21.0 Å². The van der Waals surface area contributed by atoms with Crippen LogP contribution in [0.5, 0.6) is 5.75 Å². The zero-order valence-electron chi connectivity index (χ0n) is 11.1. The molecule has 1 aliphatic rings. The molecule has 0 aliphatic carbocycles. The number of alkyl halides is 3. The van der Waals surface area contributed by atoms with Crippen LogP contribution in [0.2, 0.25) is 0 Å². The van der Waals surface area contributed by atoms with E-state index in [-0.39, 0.29) is 19.1 Å². The van der Waals surface area contributed by atoms with E-state index in [0.29, 0.717) is 5.75 Å². The minimum absolute atomic E-state index is 0.0841. The van der Waals surface area contributed by atoms with E-state index in [1.807, 2.05) is 12.3 Å². The molecule has 1 atom stereocenters. The summed E-state index contributed by atoms with van der Waals surface area (Å²) in [7, 11) is 1.57. The summed E-state index contributed by atoms with van der Waals surface area (Å²) >= 11 is 3.40. The van der Waals surface area contributed by atoms with E-state index in [1.165, 1.54) is 0 Å². The fourth-order valence-corrected chi connectivity index (χ4v) is 2.93. The maximum atomic E-state index is 13.1. The molecular weight excluding hydrogens is 351 g/mol. The molecule has 1 aromatic carbocycles. The lowest BCUT2D eigenvalue weighted by Gasteiger charge is -2.40. The molecule has 8 heteroatoms. The number of nitrogens with zero attached hydrogens (tertiary/aromatic N) is 3. The second-order valence-corrected chi connectivity index (χ2v) is 5.82. The quantitative estimate of drug-likeness (QED) is 0.781. The van der Waals surface area contributed by atoms with Crippen LogP contribution in [0.15, 0.2) is 22.8 Å². The third kappa shape index (κ3) is 2.62. The van der Waals surface area contributed by atoms with E-state index in [0.717, 1.165) is 20.3 Å². The number of aromatic nitrogens is 2. The lowest BCUT2D eigenvalue weighted by atomic mass is 10.1. The lowest BCUT2D eigenvalue weighted by molar-refractivity contribution is -0.0933. The van der Waals surface area contributed by atoms with Gasteiger partial charge in [0.2, 0.25) is 6.30 Å². The summed E-state index contributed by atoms with van der Waals surface area (Å²) in [5.74, 6) is 0.671. The minimum atomic E-state index is -2.97. The summed E-state index contributed by atoms with van der Waals surface area (Å²) in [6.07, 6.45) is -3.33. The Morgan fingerprint density at radius 2 is 2.05 bits per heavy atom. The van der Waals surface area contributed by atoms with Gasteiger partial charge < -0.3 is 4.74 Å². The molecule has 0 N–H and O–H groups in total. The monoisotopic (exact) mass is 363 g/mol. The second kappa shape index (κ2) is 5.49. The number of hydrogen-bond donors (Lipinski definition) is 0. The highest BCUT2D eigenvalue weighted by atomic mass is 79.9. The SMILES string of the molecule is COc1cc2nn(C3CN(C(F)C(F)F)C3)cc2cc1Br. The van der Waals surface area contributed by atoms with Crippen LogP contribution in [0.4, 0.5) is 13.2 Å². The summed E-state index contributed by atoms with van der Waals surface area (Å²) in [6.45, 7) is 0.468. The van der Waals surface area contributed by atoms with Crippen LogP contribution in [-0.2, 0) is 0 Å². The fourth-order valence-electron chi connectivity index (χ4n) is 2.40. The van der Waals surface area contributed by atoms with Crippen molar-refractivity contribution < 1.29 is 17.9 Å². The molecule has 4 nitrogen and oxygen atoms in total. The molecule has 2 heterocycles.